The van der Waals surface area contributed by atoms with E-state index in [1.165, 1.54) is 56.4 Å². The van der Waals surface area contributed by atoms with E-state index in [0.717, 1.165) is 12.8 Å². The fourth-order valence-corrected chi connectivity index (χ4v) is 2.03. The Labute approximate surface area is 125 Å². The second kappa shape index (κ2) is 9.91. The van der Waals surface area contributed by atoms with Gasteiger partial charge < -0.3 is 4.74 Å². The zero-order valence-electron chi connectivity index (χ0n) is 12.5. The molecule has 0 fully saturated rings. The average Bonchev–Trinajstić information content (AvgIpc) is 2.49. The summed E-state index contributed by atoms with van der Waals surface area (Å²) >= 11 is 0. The van der Waals surface area contributed by atoms with Crippen LogP contribution in [0.5, 0.6) is 0 Å². The lowest BCUT2D eigenvalue weighted by molar-refractivity contribution is -0.384. The summed E-state index contributed by atoms with van der Waals surface area (Å²) in [6, 6.07) is 5.46. The monoisotopic (exact) mass is 293 g/mol. The van der Waals surface area contributed by atoms with Crippen molar-refractivity contribution in [3.8, 4) is 0 Å². The number of nitro groups is 1. The first-order valence-corrected chi connectivity index (χ1v) is 7.56. The van der Waals surface area contributed by atoms with E-state index in [9.17, 15) is 14.9 Å². The Kier molecular flexibility index (Phi) is 8.09. The first-order valence-electron chi connectivity index (χ1n) is 7.56. The molecule has 0 aliphatic rings. The molecule has 0 aromatic heterocycles. The first-order chi connectivity index (χ1) is 10.1. The summed E-state index contributed by atoms with van der Waals surface area (Å²) in [4.78, 5) is 21.7. The molecule has 0 aliphatic heterocycles. The molecule has 0 saturated heterocycles. The molecule has 0 unspecified atom stereocenters. The van der Waals surface area contributed by atoms with E-state index >= 15 is 0 Å². The lowest BCUT2D eigenvalue weighted by atomic mass is 10.1. The van der Waals surface area contributed by atoms with Gasteiger partial charge in [0.15, 0.2) is 0 Å². The Morgan fingerprint density at radius 3 is 2.19 bits per heavy atom. The maximum Gasteiger partial charge on any atom is 0.338 e. The summed E-state index contributed by atoms with van der Waals surface area (Å²) in [5.74, 6) is -0.420. The van der Waals surface area contributed by atoms with Gasteiger partial charge in [0.2, 0.25) is 0 Å². The van der Waals surface area contributed by atoms with Crippen molar-refractivity contribution >= 4 is 11.7 Å². The summed E-state index contributed by atoms with van der Waals surface area (Å²) in [5, 5.41) is 10.5. The van der Waals surface area contributed by atoms with Crippen LogP contribution in [0.15, 0.2) is 24.3 Å². The van der Waals surface area contributed by atoms with Crippen molar-refractivity contribution in [1.82, 2.24) is 0 Å². The second-order valence-corrected chi connectivity index (χ2v) is 5.06. The number of benzene rings is 1. The zero-order valence-corrected chi connectivity index (χ0v) is 12.5. The molecule has 116 valence electrons. The van der Waals surface area contributed by atoms with Gasteiger partial charge in [-0.2, -0.15) is 0 Å². The smallest absolute Gasteiger partial charge is 0.338 e. The van der Waals surface area contributed by atoms with Crippen LogP contribution < -0.4 is 0 Å². The number of carbonyl (C=O) groups excluding carboxylic acids is 1. The number of rotatable bonds is 10. The number of hydrogen-bond donors (Lipinski definition) is 0. The molecule has 1 rings (SSSR count). The third-order valence-corrected chi connectivity index (χ3v) is 3.29. The summed E-state index contributed by atoms with van der Waals surface area (Å²) in [6.07, 6.45) is 8.16. The van der Waals surface area contributed by atoms with Crippen LogP contribution in [0.2, 0.25) is 0 Å². The van der Waals surface area contributed by atoms with Gasteiger partial charge in [-0.25, -0.2) is 4.79 Å². The molecule has 1 aromatic carbocycles. The molecule has 0 spiro atoms. The molecule has 0 bridgehead atoms. The van der Waals surface area contributed by atoms with Crippen LogP contribution in [0.1, 0.15) is 62.2 Å². The van der Waals surface area contributed by atoms with Crippen molar-refractivity contribution in [1.29, 1.82) is 0 Å². The predicted octanol–water partition coefficient (Wildman–Crippen LogP) is 4.50. The summed E-state index contributed by atoms with van der Waals surface area (Å²) < 4.78 is 5.15. The molecule has 21 heavy (non-hydrogen) atoms. The minimum Gasteiger partial charge on any atom is -0.462 e. The zero-order chi connectivity index (χ0) is 15.5. The van der Waals surface area contributed by atoms with Crippen LogP contribution in [0, 0.1) is 10.1 Å². The van der Waals surface area contributed by atoms with Crippen molar-refractivity contribution in [2.24, 2.45) is 0 Å². The third-order valence-electron chi connectivity index (χ3n) is 3.29. The van der Waals surface area contributed by atoms with Crippen molar-refractivity contribution in [3.05, 3.63) is 39.9 Å². The Morgan fingerprint density at radius 1 is 1.05 bits per heavy atom. The van der Waals surface area contributed by atoms with Crippen molar-refractivity contribution < 1.29 is 14.5 Å². The normalized spacial score (nSPS) is 10.3. The minimum absolute atomic E-state index is 0.0290. The first kappa shape index (κ1) is 17.1. The van der Waals surface area contributed by atoms with Crippen LogP contribution in [0.3, 0.4) is 0 Å². The Hall–Kier alpha value is -1.91. The lowest BCUT2D eigenvalue weighted by Gasteiger charge is -2.05. The Balaban J connectivity index is 2.17. The standard InChI is InChI=1S/C16H23NO4/c1-2-3-4-5-6-7-8-13-21-16(18)14-9-11-15(12-10-14)17(19)20/h9-12H,2-8,13H2,1H3. The number of hydrogen-bond acceptors (Lipinski definition) is 4. The highest BCUT2D eigenvalue weighted by Gasteiger charge is 2.10. The van der Waals surface area contributed by atoms with Gasteiger partial charge in [0, 0.05) is 12.1 Å². The molecule has 5 heteroatoms. The molecule has 0 saturated carbocycles. The van der Waals surface area contributed by atoms with Gasteiger partial charge in [0.25, 0.3) is 5.69 Å². The van der Waals surface area contributed by atoms with E-state index in [1.807, 2.05) is 0 Å². The molecule has 0 heterocycles. The van der Waals surface area contributed by atoms with Crippen LogP contribution in [0.25, 0.3) is 0 Å². The number of ether oxygens (including phenoxy) is 1. The molecular weight excluding hydrogens is 270 g/mol. The maximum absolute atomic E-state index is 11.7. The number of nitro benzene ring substituents is 1. The van der Waals surface area contributed by atoms with Gasteiger partial charge in [-0.15, -0.1) is 0 Å². The van der Waals surface area contributed by atoms with E-state index in [2.05, 4.69) is 6.92 Å². The van der Waals surface area contributed by atoms with Gasteiger partial charge in [0.1, 0.15) is 0 Å². The van der Waals surface area contributed by atoms with E-state index in [-0.39, 0.29) is 5.69 Å². The number of nitrogens with zero attached hydrogens (tertiary/aromatic N) is 1. The van der Waals surface area contributed by atoms with Crippen LogP contribution >= 0.6 is 0 Å². The number of non-ortho nitro benzene ring substituents is 1. The molecule has 5 nitrogen and oxygen atoms in total. The SMILES string of the molecule is CCCCCCCCCOC(=O)c1ccc([N+](=O)[O-])cc1. The van der Waals surface area contributed by atoms with Crippen LogP contribution in [0.4, 0.5) is 5.69 Å². The quantitative estimate of drug-likeness (QED) is 0.275. The van der Waals surface area contributed by atoms with Crippen molar-refractivity contribution in [2.75, 3.05) is 6.61 Å². The number of unbranched alkanes of at least 4 members (excludes halogenated alkanes) is 6. The van der Waals surface area contributed by atoms with E-state index in [1.54, 1.807) is 0 Å². The largest absolute Gasteiger partial charge is 0.462 e. The van der Waals surface area contributed by atoms with Gasteiger partial charge in [-0.05, 0) is 18.6 Å². The highest BCUT2D eigenvalue weighted by Crippen LogP contribution is 2.13. The van der Waals surface area contributed by atoms with Crippen molar-refractivity contribution in [3.63, 3.8) is 0 Å². The van der Waals surface area contributed by atoms with Gasteiger partial charge in [0.05, 0.1) is 17.1 Å². The topological polar surface area (TPSA) is 69.4 Å². The Bertz CT molecular complexity index is 442. The summed E-state index contributed by atoms with van der Waals surface area (Å²) in [5.41, 5.74) is 0.321. The maximum atomic E-state index is 11.7. The summed E-state index contributed by atoms with van der Waals surface area (Å²) in [7, 11) is 0. The molecule has 1 aromatic rings. The van der Waals surface area contributed by atoms with E-state index in [4.69, 9.17) is 4.74 Å². The average molecular weight is 293 g/mol. The van der Waals surface area contributed by atoms with Gasteiger partial charge in [-0.1, -0.05) is 45.4 Å². The molecule has 0 aliphatic carbocycles. The highest BCUT2D eigenvalue weighted by atomic mass is 16.6. The van der Waals surface area contributed by atoms with E-state index < -0.39 is 10.9 Å². The minimum atomic E-state index is -0.492. The molecule has 0 atom stereocenters. The second-order valence-electron chi connectivity index (χ2n) is 5.06. The lowest BCUT2D eigenvalue weighted by Crippen LogP contribution is -2.06. The summed E-state index contributed by atoms with van der Waals surface area (Å²) in [6.45, 7) is 2.60. The third kappa shape index (κ3) is 6.88. The van der Waals surface area contributed by atoms with Crippen LogP contribution in [-0.4, -0.2) is 17.5 Å². The molecule has 0 N–H and O–H groups in total. The predicted molar refractivity (Wildman–Crippen MR) is 81.4 cm³/mol. The molecule has 0 radical (unpaired) electrons. The molecule has 0 amide bonds. The fourth-order valence-electron chi connectivity index (χ4n) is 2.03. The van der Waals surface area contributed by atoms with Gasteiger partial charge in [-0.3, -0.25) is 10.1 Å². The highest BCUT2D eigenvalue weighted by molar-refractivity contribution is 5.89. The van der Waals surface area contributed by atoms with Gasteiger partial charge >= 0.3 is 5.97 Å². The number of esters is 1. The number of carbonyl (C=O) groups is 1. The Morgan fingerprint density at radius 2 is 1.62 bits per heavy atom. The fraction of sp³-hybridized carbons (Fsp3) is 0.562. The van der Waals surface area contributed by atoms with Crippen LogP contribution in [-0.2, 0) is 4.74 Å². The molecular formula is C16H23NO4. The van der Waals surface area contributed by atoms with E-state index in [0.29, 0.717) is 12.2 Å². The van der Waals surface area contributed by atoms with Crippen molar-refractivity contribution in [2.45, 2.75) is 51.9 Å².